The lowest BCUT2D eigenvalue weighted by Gasteiger charge is -2.22. The average Bonchev–Trinajstić information content (AvgIpc) is 2.88. The zero-order valence-corrected chi connectivity index (χ0v) is 13.6. The smallest absolute Gasteiger partial charge is 0.408 e. The van der Waals surface area contributed by atoms with Gasteiger partial charge in [-0.1, -0.05) is 5.57 Å². The van der Waals surface area contributed by atoms with E-state index in [1.807, 2.05) is 13.8 Å². The molecule has 0 aromatic carbocycles. The SMILES string of the molecule is C/C(C[C@H](NC(=O)OC(C)(C)C)C(=O)O)=C(\C)c1ccco1. The number of carbonyl (C=O) groups excluding carboxylic acids is 1. The second-order valence-electron chi connectivity index (χ2n) is 6.12. The van der Waals surface area contributed by atoms with Crippen molar-refractivity contribution in [3.63, 3.8) is 0 Å². The Bertz CT molecular complexity index is 552. The zero-order chi connectivity index (χ0) is 16.9. The van der Waals surface area contributed by atoms with Gasteiger partial charge in [0.15, 0.2) is 0 Å². The summed E-state index contributed by atoms with van der Waals surface area (Å²) in [6.45, 7) is 8.81. The number of alkyl carbamates (subject to hydrolysis) is 1. The molecule has 0 saturated carbocycles. The summed E-state index contributed by atoms with van der Waals surface area (Å²) in [4.78, 5) is 23.1. The molecule has 0 aliphatic rings. The molecule has 1 rings (SSSR count). The summed E-state index contributed by atoms with van der Waals surface area (Å²) in [7, 11) is 0. The van der Waals surface area contributed by atoms with Crippen molar-refractivity contribution < 1.29 is 23.8 Å². The van der Waals surface area contributed by atoms with Crippen molar-refractivity contribution in [3.8, 4) is 0 Å². The molecule has 122 valence electrons. The normalized spacial score (nSPS) is 14.0. The molecule has 0 aliphatic heterocycles. The third-order valence-electron chi connectivity index (χ3n) is 3.03. The highest BCUT2D eigenvalue weighted by Crippen LogP contribution is 2.21. The largest absolute Gasteiger partial charge is 0.480 e. The van der Waals surface area contributed by atoms with Gasteiger partial charge in [-0.25, -0.2) is 9.59 Å². The average molecular weight is 309 g/mol. The number of carboxylic acid groups (broad SMARTS) is 1. The van der Waals surface area contributed by atoms with E-state index in [0.717, 1.165) is 11.1 Å². The van der Waals surface area contributed by atoms with E-state index in [-0.39, 0.29) is 6.42 Å². The lowest BCUT2D eigenvalue weighted by molar-refractivity contribution is -0.139. The number of hydrogen-bond donors (Lipinski definition) is 2. The highest BCUT2D eigenvalue weighted by atomic mass is 16.6. The number of hydrogen-bond acceptors (Lipinski definition) is 4. The van der Waals surface area contributed by atoms with Crippen LogP contribution in [0.2, 0.25) is 0 Å². The van der Waals surface area contributed by atoms with Gasteiger partial charge in [-0.2, -0.15) is 0 Å². The predicted octanol–water partition coefficient (Wildman–Crippen LogP) is 3.44. The van der Waals surface area contributed by atoms with Crippen LogP contribution in [0.15, 0.2) is 28.4 Å². The van der Waals surface area contributed by atoms with Crippen molar-refractivity contribution in [1.82, 2.24) is 5.32 Å². The Balaban J connectivity index is 2.79. The van der Waals surface area contributed by atoms with Crippen molar-refractivity contribution in [2.24, 2.45) is 0 Å². The number of ether oxygens (including phenoxy) is 1. The van der Waals surface area contributed by atoms with Crippen LogP contribution < -0.4 is 5.32 Å². The molecule has 0 spiro atoms. The fourth-order valence-corrected chi connectivity index (χ4v) is 1.81. The van der Waals surface area contributed by atoms with Crippen LogP contribution in [-0.2, 0) is 9.53 Å². The summed E-state index contributed by atoms with van der Waals surface area (Å²) in [5.74, 6) is -0.434. The van der Waals surface area contributed by atoms with Gasteiger partial charge < -0.3 is 19.6 Å². The van der Waals surface area contributed by atoms with E-state index >= 15 is 0 Å². The Labute approximate surface area is 130 Å². The van der Waals surface area contributed by atoms with E-state index in [4.69, 9.17) is 9.15 Å². The Kier molecular flexibility index (Phi) is 5.79. The number of amides is 1. The summed E-state index contributed by atoms with van der Waals surface area (Å²) in [6.07, 6.45) is 0.976. The number of carboxylic acids is 1. The molecular weight excluding hydrogens is 286 g/mol. The molecule has 22 heavy (non-hydrogen) atoms. The standard InChI is InChI=1S/C16H23NO5/c1-10(11(2)13-7-6-8-21-13)9-12(14(18)19)17-15(20)22-16(3,4)5/h6-8,12H,9H2,1-5H3,(H,17,20)(H,18,19)/b11-10-/t12-/m0/s1. The van der Waals surface area contributed by atoms with Crippen LogP contribution in [-0.4, -0.2) is 28.8 Å². The molecule has 6 heteroatoms. The topological polar surface area (TPSA) is 88.8 Å². The van der Waals surface area contributed by atoms with E-state index in [0.29, 0.717) is 5.76 Å². The first-order chi connectivity index (χ1) is 10.1. The number of nitrogens with one attached hydrogen (secondary N) is 1. The Hall–Kier alpha value is -2.24. The molecule has 0 unspecified atom stereocenters. The molecule has 1 aromatic heterocycles. The minimum Gasteiger partial charge on any atom is -0.480 e. The maximum absolute atomic E-state index is 11.7. The Morgan fingerprint density at radius 2 is 2.00 bits per heavy atom. The highest BCUT2D eigenvalue weighted by molar-refractivity contribution is 5.80. The van der Waals surface area contributed by atoms with Crippen molar-refractivity contribution in [3.05, 3.63) is 29.7 Å². The number of aliphatic carboxylic acids is 1. The Morgan fingerprint density at radius 3 is 2.45 bits per heavy atom. The third kappa shape index (κ3) is 5.63. The lowest BCUT2D eigenvalue weighted by atomic mass is 10.0. The summed E-state index contributed by atoms with van der Waals surface area (Å²) < 4.78 is 10.4. The zero-order valence-electron chi connectivity index (χ0n) is 13.6. The number of rotatable bonds is 5. The molecule has 1 aromatic rings. The van der Waals surface area contributed by atoms with Crippen LogP contribution >= 0.6 is 0 Å². The van der Waals surface area contributed by atoms with Gasteiger partial charge in [0.05, 0.1) is 6.26 Å². The minimum absolute atomic E-state index is 0.168. The van der Waals surface area contributed by atoms with Crippen LogP contribution in [0.5, 0.6) is 0 Å². The third-order valence-corrected chi connectivity index (χ3v) is 3.03. The van der Waals surface area contributed by atoms with Gasteiger partial charge in [0.25, 0.3) is 0 Å². The fourth-order valence-electron chi connectivity index (χ4n) is 1.81. The van der Waals surface area contributed by atoms with E-state index in [1.54, 1.807) is 39.2 Å². The highest BCUT2D eigenvalue weighted by Gasteiger charge is 2.24. The van der Waals surface area contributed by atoms with Gasteiger partial charge in [-0.05, 0) is 58.7 Å². The number of carbonyl (C=O) groups is 2. The van der Waals surface area contributed by atoms with Crippen molar-refractivity contribution >= 4 is 17.6 Å². The quantitative estimate of drug-likeness (QED) is 0.869. The predicted molar refractivity (Wildman–Crippen MR) is 82.4 cm³/mol. The summed E-state index contributed by atoms with van der Waals surface area (Å²) in [6, 6.07) is 2.51. The van der Waals surface area contributed by atoms with Gasteiger partial charge in [0.1, 0.15) is 17.4 Å². The van der Waals surface area contributed by atoms with E-state index in [1.165, 1.54) is 0 Å². The molecule has 0 aliphatic carbocycles. The molecule has 1 atom stereocenters. The number of allylic oxidation sites excluding steroid dienone is 1. The van der Waals surface area contributed by atoms with Crippen molar-refractivity contribution in [2.45, 2.75) is 52.7 Å². The first kappa shape index (κ1) is 17.8. The first-order valence-electron chi connectivity index (χ1n) is 7.02. The maximum Gasteiger partial charge on any atom is 0.408 e. The Morgan fingerprint density at radius 1 is 1.36 bits per heavy atom. The molecule has 0 bridgehead atoms. The van der Waals surface area contributed by atoms with Gasteiger partial charge >= 0.3 is 12.1 Å². The molecule has 2 N–H and O–H groups in total. The van der Waals surface area contributed by atoms with Gasteiger partial charge in [-0.15, -0.1) is 0 Å². The summed E-state index contributed by atoms with van der Waals surface area (Å²) >= 11 is 0. The fraction of sp³-hybridized carbons (Fsp3) is 0.500. The van der Waals surface area contributed by atoms with Crippen LogP contribution in [0.1, 0.15) is 46.8 Å². The van der Waals surface area contributed by atoms with Gasteiger partial charge in [0.2, 0.25) is 0 Å². The van der Waals surface area contributed by atoms with E-state index in [2.05, 4.69) is 5.32 Å². The van der Waals surface area contributed by atoms with Gasteiger partial charge in [-0.3, -0.25) is 0 Å². The summed E-state index contributed by atoms with van der Waals surface area (Å²) in [5, 5.41) is 11.6. The second-order valence-corrected chi connectivity index (χ2v) is 6.12. The van der Waals surface area contributed by atoms with Crippen molar-refractivity contribution in [2.75, 3.05) is 0 Å². The van der Waals surface area contributed by atoms with Crippen LogP contribution in [0.25, 0.3) is 5.57 Å². The molecule has 0 radical (unpaired) electrons. The van der Waals surface area contributed by atoms with E-state index in [9.17, 15) is 14.7 Å². The molecule has 1 heterocycles. The lowest BCUT2D eigenvalue weighted by Crippen LogP contribution is -2.43. The molecular formula is C16H23NO5. The molecule has 0 saturated heterocycles. The van der Waals surface area contributed by atoms with Crippen LogP contribution in [0.4, 0.5) is 4.79 Å². The molecule has 6 nitrogen and oxygen atoms in total. The maximum atomic E-state index is 11.7. The van der Waals surface area contributed by atoms with E-state index < -0.39 is 23.7 Å². The van der Waals surface area contributed by atoms with Crippen LogP contribution in [0.3, 0.4) is 0 Å². The van der Waals surface area contributed by atoms with Crippen molar-refractivity contribution in [1.29, 1.82) is 0 Å². The monoisotopic (exact) mass is 309 g/mol. The molecule has 0 fully saturated rings. The number of furan rings is 1. The van der Waals surface area contributed by atoms with Gasteiger partial charge in [0, 0.05) is 0 Å². The summed E-state index contributed by atoms with van der Waals surface area (Å²) in [5.41, 5.74) is 0.989. The molecule has 1 amide bonds. The minimum atomic E-state index is -1.11. The second kappa shape index (κ2) is 7.15. The first-order valence-corrected chi connectivity index (χ1v) is 7.02. The van der Waals surface area contributed by atoms with Crippen LogP contribution in [0, 0.1) is 0 Å².